The molecule has 1 saturated heterocycles. The Morgan fingerprint density at radius 2 is 1.88 bits per heavy atom. The number of amides is 2. The fourth-order valence-corrected chi connectivity index (χ4v) is 6.86. The Morgan fingerprint density at radius 1 is 1.12 bits per heavy atom. The Bertz CT molecular complexity index is 1290. The van der Waals surface area contributed by atoms with Crippen molar-refractivity contribution in [3.8, 4) is 11.5 Å². The molecular formula is C22H17ClN2O5S2. The van der Waals surface area contributed by atoms with Gasteiger partial charge in [0.1, 0.15) is 5.25 Å². The number of thiazole rings is 1. The van der Waals surface area contributed by atoms with Gasteiger partial charge in [0.2, 0.25) is 11.8 Å². The molecule has 3 atom stereocenters. The van der Waals surface area contributed by atoms with Crippen molar-refractivity contribution in [1.29, 1.82) is 0 Å². The average Bonchev–Trinajstić information content (AvgIpc) is 3.25. The summed E-state index contributed by atoms with van der Waals surface area (Å²) in [6.45, 7) is 2.16. The maximum atomic E-state index is 13.6. The quantitative estimate of drug-likeness (QED) is 0.539. The number of aromatic nitrogens is 1. The molecule has 0 spiro atoms. The first-order valence-corrected chi connectivity index (χ1v) is 11.9. The molecule has 0 bridgehead atoms. The van der Waals surface area contributed by atoms with E-state index in [1.165, 1.54) is 22.7 Å². The number of nitrogens with one attached hydrogen (secondary N) is 1. The molecule has 5 rings (SSSR count). The molecule has 1 fully saturated rings. The van der Waals surface area contributed by atoms with Crippen molar-refractivity contribution in [3.05, 3.63) is 67.6 Å². The lowest BCUT2D eigenvalue weighted by atomic mass is 9.83. The third kappa shape index (κ3) is 3.32. The zero-order valence-corrected chi connectivity index (χ0v) is 19.1. The van der Waals surface area contributed by atoms with Gasteiger partial charge in [-0.15, -0.1) is 0 Å². The fraction of sp³-hybridized carbons (Fsp3) is 0.227. The number of thioether (sulfide) groups is 1. The molecule has 2 aromatic carbocycles. The van der Waals surface area contributed by atoms with Crippen LogP contribution >= 0.6 is 34.7 Å². The molecule has 0 radical (unpaired) electrons. The van der Waals surface area contributed by atoms with Gasteiger partial charge in [-0.1, -0.05) is 40.8 Å². The minimum Gasteiger partial charge on any atom is -0.504 e. The molecule has 2 N–H and O–H groups in total. The van der Waals surface area contributed by atoms with Crippen LogP contribution in [0, 0.1) is 5.92 Å². The molecule has 3 unspecified atom stereocenters. The van der Waals surface area contributed by atoms with Crippen LogP contribution in [0.15, 0.2) is 52.3 Å². The van der Waals surface area contributed by atoms with E-state index in [0.29, 0.717) is 32.8 Å². The molecule has 1 aromatic heterocycles. The van der Waals surface area contributed by atoms with Gasteiger partial charge < -0.3 is 14.8 Å². The van der Waals surface area contributed by atoms with Crippen LogP contribution < -0.4 is 14.5 Å². The monoisotopic (exact) mass is 488 g/mol. The first-order valence-electron chi connectivity index (χ1n) is 9.87. The first kappa shape index (κ1) is 21.1. The molecule has 2 aliphatic heterocycles. The van der Waals surface area contributed by atoms with Gasteiger partial charge in [-0.3, -0.25) is 14.4 Å². The second-order valence-electron chi connectivity index (χ2n) is 7.40. The number of nitrogens with zero attached hydrogens (tertiary/aromatic N) is 1. The third-order valence-corrected chi connectivity index (χ3v) is 8.20. The predicted octanol–water partition coefficient (Wildman–Crippen LogP) is 3.99. The Balaban J connectivity index is 1.64. The van der Waals surface area contributed by atoms with E-state index in [1.807, 2.05) is 0 Å². The van der Waals surface area contributed by atoms with Gasteiger partial charge in [-0.25, -0.2) is 4.90 Å². The first-order chi connectivity index (χ1) is 15.4. The second kappa shape index (κ2) is 7.99. The zero-order chi connectivity index (χ0) is 22.6. The number of rotatable bonds is 4. The van der Waals surface area contributed by atoms with E-state index < -0.39 is 17.1 Å². The lowest BCUT2D eigenvalue weighted by Gasteiger charge is -2.30. The lowest BCUT2D eigenvalue weighted by Crippen LogP contribution is -2.32. The smallest absolute Gasteiger partial charge is 0.305 e. The van der Waals surface area contributed by atoms with E-state index in [2.05, 4.69) is 4.98 Å². The molecule has 7 nitrogen and oxygen atoms in total. The van der Waals surface area contributed by atoms with Crippen LogP contribution in [-0.2, 0) is 9.59 Å². The van der Waals surface area contributed by atoms with E-state index in [0.717, 1.165) is 11.3 Å². The number of aromatic amines is 1. The Morgan fingerprint density at radius 3 is 2.59 bits per heavy atom. The highest BCUT2D eigenvalue weighted by atomic mass is 35.5. The highest BCUT2D eigenvalue weighted by Gasteiger charge is 2.56. The van der Waals surface area contributed by atoms with Crippen LogP contribution in [0.4, 0.5) is 5.69 Å². The summed E-state index contributed by atoms with van der Waals surface area (Å²) in [6.07, 6.45) is 0. The summed E-state index contributed by atoms with van der Waals surface area (Å²) in [5, 5.41) is 10.5. The highest BCUT2D eigenvalue weighted by molar-refractivity contribution is 8.00. The molecule has 2 aliphatic rings. The minimum absolute atomic E-state index is 0.0172. The molecule has 164 valence electrons. The van der Waals surface area contributed by atoms with Crippen molar-refractivity contribution in [2.45, 2.75) is 23.1 Å². The minimum atomic E-state index is -0.707. The van der Waals surface area contributed by atoms with Crippen LogP contribution in [0.3, 0.4) is 0 Å². The highest BCUT2D eigenvalue weighted by Crippen LogP contribution is 2.53. The molecule has 0 aliphatic carbocycles. The van der Waals surface area contributed by atoms with E-state index >= 15 is 0 Å². The van der Waals surface area contributed by atoms with E-state index in [1.54, 1.807) is 43.3 Å². The van der Waals surface area contributed by atoms with Crippen molar-refractivity contribution in [3.63, 3.8) is 0 Å². The van der Waals surface area contributed by atoms with Gasteiger partial charge in [0.15, 0.2) is 11.5 Å². The number of phenolic OH excluding ortho intramolecular Hbond substituents is 1. The number of H-pyrrole nitrogens is 1. The van der Waals surface area contributed by atoms with Crippen LogP contribution in [0.2, 0.25) is 5.02 Å². The number of anilines is 1. The lowest BCUT2D eigenvalue weighted by molar-refractivity contribution is -0.122. The maximum Gasteiger partial charge on any atom is 0.305 e. The van der Waals surface area contributed by atoms with Crippen molar-refractivity contribution >= 4 is 52.2 Å². The number of ether oxygens (including phenoxy) is 1. The van der Waals surface area contributed by atoms with Gasteiger partial charge in [-0.2, -0.15) is 0 Å². The topological polar surface area (TPSA) is 99.7 Å². The number of carbonyl (C=O) groups is 2. The molecule has 32 heavy (non-hydrogen) atoms. The molecule has 3 aromatic rings. The summed E-state index contributed by atoms with van der Waals surface area (Å²) in [4.78, 5) is 43.6. The molecule has 3 heterocycles. The number of halogens is 1. The number of hydrogen-bond donors (Lipinski definition) is 2. The van der Waals surface area contributed by atoms with Crippen LogP contribution in [0.5, 0.6) is 11.5 Å². The normalized spacial score (nSPS) is 22.1. The zero-order valence-electron chi connectivity index (χ0n) is 16.7. The Kier molecular flexibility index (Phi) is 5.27. The van der Waals surface area contributed by atoms with E-state index in [-0.39, 0.29) is 28.2 Å². The van der Waals surface area contributed by atoms with E-state index in [9.17, 15) is 19.5 Å². The fourth-order valence-electron chi connectivity index (χ4n) is 4.22. The van der Waals surface area contributed by atoms with Crippen LogP contribution in [-0.4, -0.2) is 33.8 Å². The number of benzene rings is 2. The molecule has 10 heteroatoms. The van der Waals surface area contributed by atoms with Crippen molar-refractivity contribution in [2.75, 3.05) is 11.5 Å². The summed E-state index contributed by atoms with van der Waals surface area (Å²) in [5.41, 5.74) is 1.15. The third-order valence-electron chi connectivity index (χ3n) is 5.55. The van der Waals surface area contributed by atoms with Crippen LogP contribution in [0.1, 0.15) is 23.3 Å². The maximum absolute atomic E-state index is 13.6. The van der Waals surface area contributed by atoms with Gasteiger partial charge >= 0.3 is 4.87 Å². The predicted molar refractivity (Wildman–Crippen MR) is 123 cm³/mol. The largest absolute Gasteiger partial charge is 0.504 e. The van der Waals surface area contributed by atoms with Crippen LogP contribution in [0.25, 0.3) is 0 Å². The Hall–Kier alpha value is -2.75. The van der Waals surface area contributed by atoms with Crippen molar-refractivity contribution in [1.82, 2.24) is 4.98 Å². The standard InChI is InChI=1S/C22H17ClN2O5S2/c1-2-30-14-9-10(3-8-13(14)26)15-16-18(31-19-17(15)32-22(29)24-19)21(28)25(20(16)27)12-6-4-11(23)5-7-12/h3-9,15-16,18,26H,2H2,1H3,(H,24,29). The summed E-state index contributed by atoms with van der Waals surface area (Å²) in [5.74, 6) is -1.64. The number of carbonyl (C=O) groups excluding carboxylic acids is 2. The number of fused-ring (bicyclic) bond motifs is 2. The molecule has 0 saturated carbocycles. The summed E-state index contributed by atoms with van der Waals surface area (Å²) < 4.78 is 5.53. The van der Waals surface area contributed by atoms with Crippen molar-refractivity contribution < 1.29 is 19.4 Å². The molecular weight excluding hydrogens is 472 g/mol. The summed E-state index contributed by atoms with van der Waals surface area (Å²) in [7, 11) is 0. The van der Waals surface area contributed by atoms with Gasteiger partial charge in [0.25, 0.3) is 0 Å². The SMILES string of the molecule is CCOc1cc(C2c3sc(=O)[nH]c3SC3C(=O)N(c4ccc(Cl)cc4)C(=O)C32)ccc1O. The molecule has 2 amide bonds. The van der Waals surface area contributed by atoms with Gasteiger partial charge in [-0.05, 0) is 48.9 Å². The summed E-state index contributed by atoms with van der Waals surface area (Å²) >= 11 is 8.22. The number of imide groups is 1. The van der Waals surface area contributed by atoms with E-state index in [4.69, 9.17) is 16.3 Å². The average molecular weight is 489 g/mol. The number of hydrogen-bond acceptors (Lipinski definition) is 7. The summed E-state index contributed by atoms with van der Waals surface area (Å²) in [6, 6.07) is 11.4. The van der Waals surface area contributed by atoms with Crippen molar-refractivity contribution in [2.24, 2.45) is 5.92 Å². The van der Waals surface area contributed by atoms with Gasteiger partial charge in [0, 0.05) is 15.8 Å². The van der Waals surface area contributed by atoms with Gasteiger partial charge in [0.05, 0.1) is 23.2 Å². The second-order valence-corrected chi connectivity index (χ2v) is 10.0. The number of aromatic hydroxyl groups is 1. The Labute approximate surface area is 196 Å². The number of phenols is 1.